The minimum atomic E-state index is 0.581. The van der Waals surface area contributed by atoms with Gasteiger partial charge < -0.3 is 5.32 Å². The largest absolute Gasteiger partial charge is 0.309 e. The molecule has 0 amide bonds. The van der Waals surface area contributed by atoms with Crippen molar-refractivity contribution >= 4 is 0 Å². The molecule has 1 atom stereocenters. The molecule has 2 rings (SSSR count). The van der Waals surface area contributed by atoms with Gasteiger partial charge in [-0.25, -0.2) is 0 Å². The van der Waals surface area contributed by atoms with Gasteiger partial charge in [-0.1, -0.05) is 33.1 Å². The standard InChI is InChI=1S/C17H31N3/c1-14(2)9-10-15(3)18-13-16-11-12-20(19-16)17-7-5-4-6-8-17/h11-12,14-15,17-18H,4-10,13H2,1-3H3. The molecule has 1 aliphatic carbocycles. The highest BCUT2D eigenvalue weighted by Crippen LogP contribution is 2.27. The summed E-state index contributed by atoms with van der Waals surface area (Å²) in [6.45, 7) is 7.76. The Morgan fingerprint density at radius 1 is 1.20 bits per heavy atom. The molecule has 0 bridgehead atoms. The first kappa shape index (κ1) is 15.6. The van der Waals surface area contributed by atoms with Crippen LogP contribution in [-0.4, -0.2) is 15.8 Å². The van der Waals surface area contributed by atoms with Gasteiger partial charge in [0.2, 0.25) is 0 Å². The molecule has 1 aromatic heterocycles. The van der Waals surface area contributed by atoms with Crippen molar-refractivity contribution in [1.82, 2.24) is 15.1 Å². The smallest absolute Gasteiger partial charge is 0.0762 e. The summed E-state index contributed by atoms with van der Waals surface area (Å²) in [4.78, 5) is 0. The summed E-state index contributed by atoms with van der Waals surface area (Å²) in [5.74, 6) is 0.796. The summed E-state index contributed by atoms with van der Waals surface area (Å²) in [6.07, 6.45) is 11.5. The quantitative estimate of drug-likeness (QED) is 0.805. The van der Waals surface area contributed by atoms with E-state index in [-0.39, 0.29) is 0 Å². The number of nitrogens with zero attached hydrogens (tertiary/aromatic N) is 2. The lowest BCUT2D eigenvalue weighted by Gasteiger charge is -2.21. The molecular weight excluding hydrogens is 246 g/mol. The number of aromatic nitrogens is 2. The van der Waals surface area contributed by atoms with Gasteiger partial charge in [0.25, 0.3) is 0 Å². The third-order valence-corrected chi connectivity index (χ3v) is 4.42. The van der Waals surface area contributed by atoms with Crippen LogP contribution in [0, 0.1) is 5.92 Å². The Labute approximate surface area is 124 Å². The van der Waals surface area contributed by atoms with Crippen LogP contribution >= 0.6 is 0 Å². The van der Waals surface area contributed by atoms with Gasteiger partial charge in [-0.15, -0.1) is 0 Å². The second-order valence-electron chi connectivity index (χ2n) is 6.83. The van der Waals surface area contributed by atoms with Crippen LogP contribution in [0.25, 0.3) is 0 Å². The second kappa shape index (κ2) is 7.82. The average molecular weight is 277 g/mol. The number of nitrogens with one attached hydrogen (secondary N) is 1. The monoisotopic (exact) mass is 277 g/mol. The van der Waals surface area contributed by atoms with Crippen molar-refractivity contribution in [3.05, 3.63) is 18.0 Å². The van der Waals surface area contributed by atoms with E-state index in [0.29, 0.717) is 12.1 Å². The molecule has 1 aromatic rings. The van der Waals surface area contributed by atoms with E-state index in [0.717, 1.165) is 12.5 Å². The van der Waals surface area contributed by atoms with Crippen molar-refractivity contribution in [2.75, 3.05) is 0 Å². The molecule has 1 N–H and O–H groups in total. The molecule has 114 valence electrons. The fourth-order valence-corrected chi connectivity index (χ4v) is 2.98. The van der Waals surface area contributed by atoms with Crippen LogP contribution in [-0.2, 0) is 6.54 Å². The Balaban J connectivity index is 1.74. The van der Waals surface area contributed by atoms with Crippen LogP contribution in [0.4, 0.5) is 0 Å². The third-order valence-electron chi connectivity index (χ3n) is 4.42. The molecular formula is C17H31N3. The summed E-state index contributed by atoms with van der Waals surface area (Å²) in [7, 11) is 0. The fraction of sp³-hybridized carbons (Fsp3) is 0.824. The zero-order valence-electron chi connectivity index (χ0n) is 13.4. The van der Waals surface area contributed by atoms with Crippen LogP contribution in [0.5, 0.6) is 0 Å². The highest BCUT2D eigenvalue weighted by Gasteiger charge is 2.16. The predicted molar refractivity (Wildman–Crippen MR) is 84.7 cm³/mol. The van der Waals surface area contributed by atoms with Gasteiger partial charge in [-0.2, -0.15) is 5.10 Å². The highest BCUT2D eigenvalue weighted by molar-refractivity contribution is 5.00. The summed E-state index contributed by atoms with van der Waals surface area (Å²) in [5.41, 5.74) is 1.19. The average Bonchev–Trinajstić information content (AvgIpc) is 2.93. The number of hydrogen-bond donors (Lipinski definition) is 1. The Morgan fingerprint density at radius 3 is 2.65 bits per heavy atom. The normalized spacial score (nSPS) is 18.6. The lowest BCUT2D eigenvalue weighted by atomic mass is 9.96. The van der Waals surface area contributed by atoms with E-state index in [9.17, 15) is 0 Å². The third kappa shape index (κ3) is 4.93. The zero-order chi connectivity index (χ0) is 14.4. The van der Waals surface area contributed by atoms with Gasteiger partial charge >= 0.3 is 0 Å². The number of hydrogen-bond acceptors (Lipinski definition) is 2. The SMILES string of the molecule is CC(C)CCC(C)NCc1ccn(C2CCCCC2)n1. The predicted octanol–water partition coefficient (Wildman–Crippen LogP) is 4.30. The first-order valence-electron chi connectivity index (χ1n) is 8.42. The van der Waals surface area contributed by atoms with Gasteiger partial charge in [0.15, 0.2) is 0 Å². The second-order valence-corrected chi connectivity index (χ2v) is 6.83. The lowest BCUT2D eigenvalue weighted by molar-refractivity contribution is 0.327. The highest BCUT2D eigenvalue weighted by atomic mass is 15.3. The minimum Gasteiger partial charge on any atom is -0.309 e. The molecule has 0 spiro atoms. The molecule has 0 aromatic carbocycles. The molecule has 0 aliphatic heterocycles. The van der Waals surface area contributed by atoms with E-state index in [4.69, 9.17) is 5.10 Å². The molecule has 0 radical (unpaired) electrons. The van der Waals surface area contributed by atoms with E-state index in [1.54, 1.807) is 0 Å². The van der Waals surface area contributed by atoms with E-state index < -0.39 is 0 Å². The van der Waals surface area contributed by atoms with Crippen molar-refractivity contribution in [2.45, 2.75) is 84.3 Å². The maximum atomic E-state index is 4.76. The van der Waals surface area contributed by atoms with Gasteiger partial charge in [0, 0.05) is 18.8 Å². The lowest BCUT2D eigenvalue weighted by Crippen LogP contribution is -2.26. The Hall–Kier alpha value is -0.830. The fourth-order valence-electron chi connectivity index (χ4n) is 2.98. The maximum Gasteiger partial charge on any atom is 0.0762 e. The Bertz CT molecular complexity index is 377. The number of rotatable bonds is 7. The molecule has 3 heteroatoms. The van der Waals surface area contributed by atoms with Crippen LogP contribution in [0.15, 0.2) is 12.3 Å². The molecule has 1 unspecified atom stereocenters. The minimum absolute atomic E-state index is 0.581. The van der Waals surface area contributed by atoms with Gasteiger partial charge in [0.05, 0.1) is 11.7 Å². The molecule has 1 saturated carbocycles. The first-order valence-corrected chi connectivity index (χ1v) is 8.42. The van der Waals surface area contributed by atoms with Crippen LogP contribution in [0.1, 0.15) is 77.5 Å². The first-order chi connectivity index (χ1) is 9.65. The van der Waals surface area contributed by atoms with Gasteiger partial charge in [-0.3, -0.25) is 4.68 Å². The van der Waals surface area contributed by atoms with Crippen molar-refractivity contribution < 1.29 is 0 Å². The molecule has 1 heterocycles. The van der Waals surface area contributed by atoms with E-state index in [1.807, 2.05) is 0 Å². The van der Waals surface area contributed by atoms with Crippen LogP contribution in [0.3, 0.4) is 0 Å². The van der Waals surface area contributed by atoms with Gasteiger partial charge in [0.1, 0.15) is 0 Å². The maximum absolute atomic E-state index is 4.76. The summed E-state index contributed by atoms with van der Waals surface area (Å²) >= 11 is 0. The van der Waals surface area contributed by atoms with Crippen molar-refractivity contribution in [3.63, 3.8) is 0 Å². The van der Waals surface area contributed by atoms with Crippen molar-refractivity contribution in [2.24, 2.45) is 5.92 Å². The molecule has 0 saturated heterocycles. The van der Waals surface area contributed by atoms with E-state index in [2.05, 4.69) is 43.0 Å². The Kier molecular flexibility index (Phi) is 6.08. The Morgan fingerprint density at radius 2 is 1.95 bits per heavy atom. The van der Waals surface area contributed by atoms with Crippen LogP contribution < -0.4 is 5.32 Å². The van der Waals surface area contributed by atoms with Crippen molar-refractivity contribution in [1.29, 1.82) is 0 Å². The van der Waals surface area contributed by atoms with E-state index >= 15 is 0 Å². The summed E-state index contributed by atoms with van der Waals surface area (Å²) < 4.78 is 2.20. The van der Waals surface area contributed by atoms with Crippen LogP contribution in [0.2, 0.25) is 0 Å². The molecule has 1 fully saturated rings. The zero-order valence-corrected chi connectivity index (χ0v) is 13.4. The molecule has 1 aliphatic rings. The van der Waals surface area contributed by atoms with Crippen molar-refractivity contribution in [3.8, 4) is 0 Å². The van der Waals surface area contributed by atoms with E-state index in [1.165, 1.54) is 50.6 Å². The summed E-state index contributed by atoms with van der Waals surface area (Å²) in [6, 6.07) is 3.41. The van der Waals surface area contributed by atoms with Gasteiger partial charge in [-0.05, 0) is 44.6 Å². The molecule has 3 nitrogen and oxygen atoms in total. The molecule has 20 heavy (non-hydrogen) atoms. The summed E-state index contributed by atoms with van der Waals surface area (Å²) in [5, 5.41) is 8.35. The topological polar surface area (TPSA) is 29.9 Å².